The largest absolute Gasteiger partial charge is 0.298 e. The van der Waals surface area contributed by atoms with Crippen LogP contribution in [0.5, 0.6) is 0 Å². The molecule has 0 heterocycles. The first kappa shape index (κ1) is 10.7. The zero-order chi connectivity index (χ0) is 11.1. The molecule has 0 fully saturated rings. The van der Waals surface area contributed by atoms with Crippen molar-refractivity contribution in [3.63, 3.8) is 0 Å². The standard InChI is InChI=1S/C10H11N5/c1-12-13-8-15(2)14-10-5-3-9(7-11)4-6-10/h3-6,8,14H,1H2,2H3/b13-8-. The zero-order valence-corrected chi connectivity index (χ0v) is 8.38. The highest BCUT2D eigenvalue weighted by atomic mass is 15.5. The van der Waals surface area contributed by atoms with Gasteiger partial charge in [-0.3, -0.25) is 10.4 Å². The van der Waals surface area contributed by atoms with Crippen molar-refractivity contribution >= 4 is 18.7 Å². The molecular weight excluding hydrogens is 190 g/mol. The fourth-order valence-electron chi connectivity index (χ4n) is 0.966. The summed E-state index contributed by atoms with van der Waals surface area (Å²) in [5.41, 5.74) is 4.51. The Morgan fingerprint density at radius 1 is 1.47 bits per heavy atom. The van der Waals surface area contributed by atoms with Crippen molar-refractivity contribution in [2.24, 2.45) is 10.2 Å². The summed E-state index contributed by atoms with van der Waals surface area (Å²) in [6.07, 6.45) is 1.49. The Morgan fingerprint density at radius 2 is 2.13 bits per heavy atom. The van der Waals surface area contributed by atoms with E-state index in [9.17, 15) is 0 Å². The third-order valence-corrected chi connectivity index (χ3v) is 1.63. The van der Waals surface area contributed by atoms with Crippen molar-refractivity contribution in [1.29, 1.82) is 5.26 Å². The Hall–Kier alpha value is -2.35. The summed E-state index contributed by atoms with van der Waals surface area (Å²) in [5, 5.41) is 17.2. The first-order chi connectivity index (χ1) is 7.26. The Kier molecular flexibility index (Phi) is 3.86. The van der Waals surface area contributed by atoms with Gasteiger partial charge in [-0.2, -0.15) is 10.4 Å². The number of nitrogens with zero attached hydrogens (tertiary/aromatic N) is 4. The fourth-order valence-corrected chi connectivity index (χ4v) is 0.966. The van der Waals surface area contributed by atoms with Gasteiger partial charge in [-0.1, -0.05) is 0 Å². The number of hydrogen-bond donors (Lipinski definition) is 1. The van der Waals surface area contributed by atoms with Crippen LogP contribution in [-0.2, 0) is 0 Å². The SMILES string of the molecule is C=N/N=C\N(C)Nc1ccc(C#N)cc1. The summed E-state index contributed by atoms with van der Waals surface area (Å²) in [6, 6.07) is 9.14. The van der Waals surface area contributed by atoms with Crippen LogP contribution < -0.4 is 5.43 Å². The third kappa shape index (κ3) is 3.48. The zero-order valence-electron chi connectivity index (χ0n) is 8.38. The van der Waals surface area contributed by atoms with Gasteiger partial charge in [-0.25, -0.2) is 0 Å². The van der Waals surface area contributed by atoms with Crippen molar-refractivity contribution in [2.75, 3.05) is 12.5 Å². The molecule has 1 N–H and O–H groups in total. The van der Waals surface area contributed by atoms with Crippen LogP contribution in [0.1, 0.15) is 5.56 Å². The van der Waals surface area contributed by atoms with Crippen LogP contribution in [0.25, 0.3) is 0 Å². The molecule has 5 nitrogen and oxygen atoms in total. The second-order valence-corrected chi connectivity index (χ2v) is 2.78. The van der Waals surface area contributed by atoms with Crippen LogP contribution in [-0.4, -0.2) is 25.1 Å². The maximum Gasteiger partial charge on any atom is 0.132 e. The van der Waals surface area contributed by atoms with E-state index in [2.05, 4.69) is 28.4 Å². The molecular formula is C10H11N5. The Bertz CT molecular complexity index is 387. The second-order valence-electron chi connectivity index (χ2n) is 2.78. The predicted octanol–water partition coefficient (Wildman–Crippen LogP) is 1.46. The van der Waals surface area contributed by atoms with E-state index in [0.29, 0.717) is 5.56 Å². The van der Waals surface area contributed by atoms with E-state index in [1.54, 1.807) is 24.2 Å². The van der Waals surface area contributed by atoms with Crippen molar-refractivity contribution in [1.82, 2.24) is 5.01 Å². The Morgan fingerprint density at radius 3 is 2.67 bits per heavy atom. The van der Waals surface area contributed by atoms with Gasteiger partial charge in [-0.05, 0) is 24.3 Å². The molecule has 0 radical (unpaired) electrons. The number of rotatable bonds is 4. The van der Waals surface area contributed by atoms with Crippen molar-refractivity contribution in [2.45, 2.75) is 0 Å². The normalized spacial score (nSPS) is 9.60. The van der Waals surface area contributed by atoms with Crippen LogP contribution >= 0.6 is 0 Å². The van der Waals surface area contributed by atoms with Gasteiger partial charge in [0.15, 0.2) is 0 Å². The highest BCUT2D eigenvalue weighted by molar-refractivity contribution is 5.59. The van der Waals surface area contributed by atoms with Gasteiger partial charge < -0.3 is 0 Å². The average Bonchev–Trinajstić information content (AvgIpc) is 2.27. The molecule has 76 valence electrons. The van der Waals surface area contributed by atoms with Crippen LogP contribution in [0, 0.1) is 11.3 Å². The molecule has 0 atom stereocenters. The number of nitriles is 1. The third-order valence-electron chi connectivity index (χ3n) is 1.63. The summed E-state index contributed by atoms with van der Waals surface area (Å²) in [6.45, 7) is 3.22. The van der Waals surface area contributed by atoms with E-state index in [4.69, 9.17) is 5.26 Å². The number of hydrogen-bond acceptors (Lipinski definition) is 4. The Labute approximate surface area is 88.3 Å². The number of hydrazine groups is 1. The smallest absolute Gasteiger partial charge is 0.132 e. The summed E-state index contributed by atoms with van der Waals surface area (Å²) in [5.74, 6) is 0. The molecule has 0 aromatic heterocycles. The molecule has 1 rings (SSSR count). The van der Waals surface area contributed by atoms with E-state index < -0.39 is 0 Å². The maximum atomic E-state index is 8.61. The van der Waals surface area contributed by atoms with E-state index >= 15 is 0 Å². The molecule has 0 bridgehead atoms. The highest BCUT2D eigenvalue weighted by Gasteiger charge is 1.94. The lowest BCUT2D eigenvalue weighted by atomic mass is 10.2. The molecule has 0 aliphatic carbocycles. The predicted molar refractivity (Wildman–Crippen MR) is 60.6 cm³/mol. The first-order valence-corrected chi connectivity index (χ1v) is 4.25. The van der Waals surface area contributed by atoms with Crippen molar-refractivity contribution < 1.29 is 0 Å². The molecule has 1 aromatic carbocycles. The van der Waals surface area contributed by atoms with Crippen LogP contribution in [0.2, 0.25) is 0 Å². The van der Waals surface area contributed by atoms with E-state index in [-0.39, 0.29) is 0 Å². The van der Waals surface area contributed by atoms with Gasteiger partial charge >= 0.3 is 0 Å². The minimum absolute atomic E-state index is 0.629. The molecule has 0 aliphatic rings. The molecule has 1 aromatic rings. The summed E-state index contributed by atoms with van der Waals surface area (Å²) in [7, 11) is 1.78. The highest BCUT2D eigenvalue weighted by Crippen LogP contribution is 2.08. The quantitative estimate of drug-likeness (QED) is 0.455. The molecule has 5 heteroatoms. The van der Waals surface area contributed by atoms with Gasteiger partial charge in [0.2, 0.25) is 0 Å². The molecule has 15 heavy (non-hydrogen) atoms. The molecule has 0 aliphatic heterocycles. The monoisotopic (exact) mass is 201 g/mol. The fraction of sp³-hybridized carbons (Fsp3) is 0.100. The van der Waals surface area contributed by atoms with Gasteiger partial charge in [-0.15, -0.1) is 5.10 Å². The van der Waals surface area contributed by atoms with E-state index in [1.165, 1.54) is 6.34 Å². The topological polar surface area (TPSA) is 63.8 Å². The lowest BCUT2D eigenvalue weighted by Gasteiger charge is -2.15. The first-order valence-electron chi connectivity index (χ1n) is 4.25. The molecule has 0 unspecified atom stereocenters. The lowest BCUT2D eigenvalue weighted by molar-refractivity contribution is 0.625. The van der Waals surface area contributed by atoms with Gasteiger partial charge in [0, 0.05) is 13.8 Å². The maximum absolute atomic E-state index is 8.61. The minimum Gasteiger partial charge on any atom is -0.298 e. The number of anilines is 1. The molecule has 0 saturated heterocycles. The summed E-state index contributed by atoms with van der Waals surface area (Å²) >= 11 is 0. The van der Waals surface area contributed by atoms with Gasteiger partial charge in [0.1, 0.15) is 6.34 Å². The summed E-state index contributed by atoms with van der Waals surface area (Å²) < 4.78 is 0. The van der Waals surface area contributed by atoms with Crippen LogP contribution in [0.15, 0.2) is 34.5 Å². The number of benzene rings is 1. The average molecular weight is 201 g/mol. The van der Waals surface area contributed by atoms with Crippen molar-refractivity contribution in [3.05, 3.63) is 29.8 Å². The van der Waals surface area contributed by atoms with Crippen LogP contribution in [0.4, 0.5) is 5.69 Å². The molecule has 0 amide bonds. The molecule has 0 spiro atoms. The van der Waals surface area contributed by atoms with Gasteiger partial charge in [0.25, 0.3) is 0 Å². The summed E-state index contributed by atoms with van der Waals surface area (Å²) in [4.78, 5) is 0. The Balaban J connectivity index is 2.61. The van der Waals surface area contributed by atoms with Crippen LogP contribution in [0.3, 0.4) is 0 Å². The minimum atomic E-state index is 0.629. The van der Waals surface area contributed by atoms with E-state index in [1.807, 2.05) is 12.1 Å². The van der Waals surface area contributed by atoms with E-state index in [0.717, 1.165) is 5.69 Å². The van der Waals surface area contributed by atoms with Crippen molar-refractivity contribution in [3.8, 4) is 6.07 Å². The van der Waals surface area contributed by atoms with Gasteiger partial charge in [0.05, 0.1) is 17.3 Å². The number of nitrogens with one attached hydrogen (secondary N) is 1. The lowest BCUT2D eigenvalue weighted by Crippen LogP contribution is -2.23. The second kappa shape index (κ2) is 5.40. The molecule has 0 saturated carbocycles.